The van der Waals surface area contributed by atoms with Crippen LogP contribution >= 0.6 is 0 Å². The van der Waals surface area contributed by atoms with Crippen molar-refractivity contribution in [3.05, 3.63) is 23.3 Å². The number of ether oxygens (including phenoxy) is 2. The molecule has 1 aromatic rings. The second-order valence-corrected chi connectivity index (χ2v) is 3.72. The molecule has 0 N–H and O–H groups in total. The van der Waals surface area contributed by atoms with Crippen LogP contribution in [0, 0.1) is 6.92 Å². The van der Waals surface area contributed by atoms with Gasteiger partial charge in [-0.25, -0.2) is 0 Å². The number of carbonyl (C=O) groups excluding carboxylic acids is 1. The summed E-state index contributed by atoms with van der Waals surface area (Å²) in [5.41, 5.74) is 2.23. The van der Waals surface area contributed by atoms with Gasteiger partial charge in [-0.1, -0.05) is 13.0 Å². The molecule has 0 aliphatic carbocycles. The highest BCUT2D eigenvalue weighted by Crippen LogP contribution is 2.34. The van der Waals surface area contributed by atoms with Crippen molar-refractivity contribution in [2.24, 2.45) is 0 Å². The maximum Gasteiger partial charge on any atom is 0.207 e. The van der Waals surface area contributed by atoms with Gasteiger partial charge in [0.05, 0.1) is 0 Å². The molecule has 2 rings (SSSR count). The van der Waals surface area contributed by atoms with Gasteiger partial charge in [-0.05, 0) is 30.5 Å². The molecule has 0 saturated heterocycles. The quantitative estimate of drug-likeness (QED) is 0.704. The van der Waals surface area contributed by atoms with Gasteiger partial charge >= 0.3 is 0 Å². The van der Waals surface area contributed by atoms with E-state index in [0.717, 1.165) is 23.3 Å². The maximum atomic E-state index is 11.2. The molecule has 0 radical (unpaired) electrons. The number of aryl methyl sites for hydroxylation is 2. The van der Waals surface area contributed by atoms with E-state index in [4.69, 9.17) is 9.47 Å². The van der Waals surface area contributed by atoms with Gasteiger partial charge in [0, 0.05) is 0 Å². The Labute approximate surface area is 89.0 Å². The Hall–Kier alpha value is -1.51. The average molecular weight is 206 g/mol. The largest absolute Gasteiger partial charge is 0.482 e. The first-order valence-corrected chi connectivity index (χ1v) is 5.11. The van der Waals surface area contributed by atoms with Crippen LogP contribution < -0.4 is 9.47 Å². The Kier molecular flexibility index (Phi) is 2.62. The number of Topliss-reactive ketones (excluding diaryl/α,β-unsaturated/α-hetero) is 1. The monoisotopic (exact) mass is 206 g/mol. The molecule has 0 saturated carbocycles. The number of fused-ring (bicyclic) bond motifs is 1. The first kappa shape index (κ1) is 10.0. The molecule has 15 heavy (non-hydrogen) atoms. The predicted octanol–water partition coefficient (Wildman–Crippen LogP) is 1.90. The SMILES string of the molecule is CCc1cc(C)cc2c1OCC(=O)CO2. The predicted molar refractivity (Wildman–Crippen MR) is 56.6 cm³/mol. The van der Waals surface area contributed by atoms with Crippen molar-refractivity contribution in [3.63, 3.8) is 0 Å². The molecule has 1 heterocycles. The lowest BCUT2D eigenvalue weighted by Crippen LogP contribution is -2.15. The molecule has 0 spiro atoms. The summed E-state index contributed by atoms with van der Waals surface area (Å²) in [6.45, 7) is 4.29. The topological polar surface area (TPSA) is 35.5 Å². The molecule has 3 heteroatoms. The normalized spacial score (nSPS) is 14.9. The zero-order valence-electron chi connectivity index (χ0n) is 9.00. The zero-order valence-corrected chi connectivity index (χ0v) is 9.00. The minimum atomic E-state index is -0.0223. The highest BCUT2D eigenvalue weighted by molar-refractivity contribution is 5.82. The van der Waals surface area contributed by atoms with Crippen LogP contribution in [0.2, 0.25) is 0 Å². The van der Waals surface area contributed by atoms with Gasteiger partial charge < -0.3 is 9.47 Å². The zero-order chi connectivity index (χ0) is 10.8. The summed E-state index contributed by atoms with van der Waals surface area (Å²) in [7, 11) is 0. The van der Waals surface area contributed by atoms with Crippen LogP contribution in [0.15, 0.2) is 12.1 Å². The van der Waals surface area contributed by atoms with E-state index in [1.165, 1.54) is 0 Å². The second-order valence-electron chi connectivity index (χ2n) is 3.72. The summed E-state index contributed by atoms with van der Waals surface area (Å²) in [6, 6.07) is 3.98. The fraction of sp³-hybridized carbons (Fsp3) is 0.417. The molecule has 1 aromatic carbocycles. The van der Waals surface area contributed by atoms with E-state index < -0.39 is 0 Å². The van der Waals surface area contributed by atoms with E-state index >= 15 is 0 Å². The summed E-state index contributed by atoms with van der Waals surface area (Å²) in [4.78, 5) is 11.2. The van der Waals surface area contributed by atoms with E-state index in [0.29, 0.717) is 5.75 Å². The lowest BCUT2D eigenvalue weighted by atomic mass is 10.1. The van der Waals surface area contributed by atoms with E-state index in [1.54, 1.807) is 0 Å². The van der Waals surface area contributed by atoms with E-state index in [1.807, 2.05) is 13.0 Å². The fourth-order valence-electron chi connectivity index (χ4n) is 1.70. The minimum Gasteiger partial charge on any atom is -0.482 e. The number of hydrogen-bond acceptors (Lipinski definition) is 3. The van der Waals surface area contributed by atoms with Crippen molar-refractivity contribution >= 4 is 5.78 Å². The molecular formula is C12H14O3. The van der Waals surface area contributed by atoms with Gasteiger partial charge in [0.25, 0.3) is 0 Å². The van der Waals surface area contributed by atoms with Gasteiger partial charge in [-0.3, -0.25) is 4.79 Å². The lowest BCUT2D eigenvalue weighted by molar-refractivity contribution is -0.122. The number of benzene rings is 1. The molecule has 0 fully saturated rings. The number of rotatable bonds is 1. The summed E-state index contributed by atoms with van der Waals surface area (Å²) in [5, 5.41) is 0. The van der Waals surface area contributed by atoms with Gasteiger partial charge in [-0.2, -0.15) is 0 Å². The third-order valence-corrected chi connectivity index (χ3v) is 2.42. The minimum absolute atomic E-state index is 0.0223. The summed E-state index contributed by atoms with van der Waals surface area (Å²) >= 11 is 0. The van der Waals surface area contributed by atoms with Gasteiger partial charge in [-0.15, -0.1) is 0 Å². The van der Waals surface area contributed by atoms with Gasteiger partial charge in [0.1, 0.15) is 0 Å². The molecule has 1 aliphatic rings. The molecule has 0 amide bonds. The summed E-state index contributed by atoms with van der Waals surface area (Å²) < 4.78 is 10.9. The smallest absolute Gasteiger partial charge is 0.207 e. The first-order valence-electron chi connectivity index (χ1n) is 5.11. The second kappa shape index (κ2) is 3.93. The van der Waals surface area contributed by atoms with Crippen LogP contribution in [0.5, 0.6) is 11.5 Å². The van der Waals surface area contributed by atoms with Crippen LogP contribution in [0.25, 0.3) is 0 Å². The third kappa shape index (κ3) is 1.96. The van der Waals surface area contributed by atoms with E-state index in [9.17, 15) is 4.79 Å². The molecule has 0 unspecified atom stereocenters. The van der Waals surface area contributed by atoms with Crippen molar-refractivity contribution in [1.29, 1.82) is 0 Å². The van der Waals surface area contributed by atoms with Gasteiger partial charge in [0.15, 0.2) is 24.7 Å². The molecular weight excluding hydrogens is 192 g/mol. The number of carbonyl (C=O) groups is 1. The molecule has 3 nitrogen and oxygen atoms in total. The summed E-state index contributed by atoms with van der Waals surface area (Å²) in [6.07, 6.45) is 0.877. The van der Waals surface area contributed by atoms with Crippen molar-refractivity contribution in [3.8, 4) is 11.5 Å². The first-order chi connectivity index (χ1) is 7.20. The summed E-state index contributed by atoms with van der Waals surface area (Å²) in [5.74, 6) is 1.40. The van der Waals surface area contributed by atoms with Crippen LogP contribution in [-0.2, 0) is 11.2 Å². The lowest BCUT2D eigenvalue weighted by Gasteiger charge is -2.11. The van der Waals surface area contributed by atoms with Gasteiger partial charge in [0.2, 0.25) is 5.78 Å². The Bertz CT molecular complexity index is 396. The highest BCUT2D eigenvalue weighted by atomic mass is 16.5. The van der Waals surface area contributed by atoms with E-state index in [2.05, 4.69) is 13.0 Å². The molecule has 80 valence electrons. The van der Waals surface area contributed by atoms with Crippen molar-refractivity contribution in [2.45, 2.75) is 20.3 Å². The maximum absolute atomic E-state index is 11.2. The number of ketones is 1. The molecule has 0 atom stereocenters. The average Bonchev–Trinajstić information content (AvgIpc) is 2.40. The van der Waals surface area contributed by atoms with Crippen LogP contribution in [-0.4, -0.2) is 19.0 Å². The van der Waals surface area contributed by atoms with Crippen molar-refractivity contribution < 1.29 is 14.3 Å². The Balaban J connectivity index is 2.45. The Morgan fingerprint density at radius 2 is 2.00 bits per heavy atom. The van der Waals surface area contributed by atoms with Crippen molar-refractivity contribution in [1.82, 2.24) is 0 Å². The van der Waals surface area contributed by atoms with Crippen molar-refractivity contribution in [2.75, 3.05) is 13.2 Å². The molecule has 1 aliphatic heterocycles. The fourth-order valence-corrected chi connectivity index (χ4v) is 1.70. The van der Waals surface area contributed by atoms with Crippen LogP contribution in [0.3, 0.4) is 0 Å². The van der Waals surface area contributed by atoms with E-state index in [-0.39, 0.29) is 19.0 Å². The Morgan fingerprint density at radius 3 is 2.73 bits per heavy atom. The molecule has 0 bridgehead atoms. The third-order valence-electron chi connectivity index (χ3n) is 2.42. The van der Waals surface area contributed by atoms with Crippen LogP contribution in [0.4, 0.5) is 0 Å². The standard InChI is InChI=1S/C12H14O3/c1-3-9-4-8(2)5-11-12(9)15-7-10(13)6-14-11/h4-5H,3,6-7H2,1-2H3. The number of hydrogen-bond donors (Lipinski definition) is 0. The molecule has 0 aromatic heterocycles. The Morgan fingerprint density at radius 1 is 1.27 bits per heavy atom. The highest BCUT2D eigenvalue weighted by Gasteiger charge is 2.18. The van der Waals surface area contributed by atoms with Crippen LogP contribution in [0.1, 0.15) is 18.1 Å².